The first-order valence-electron chi connectivity index (χ1n) is 6.20. The fraction of sp³-hybridized carbons (Fsp3) is 0.385. The summed E-state index contributed by atoms with van der Waals surface area (Å²) >= 11 is 4.90. The molecule has 0 spiro atoms. The summed E-state index contributed by atoms with van der Waals surface area (Å²) in [6.07, 6.45) is 0. The zero-order valence-electron chi connectivity index (χ0n) is 11.9. The van der Waals surface area contributed by atoms with E-state index in [0.29, 0.717) is 11.1 Å². The Labute approximate surface area is 129 Å². The number of rotatable bonds is 7. The molecule has 116 valence electrons. The topological polar surface area (TPSA) is 115 Å². The van der Waals surface area contributed by atoms with E-state index in [2.05, 4.69) is 4.72 Å². The van der Waals surface area contributed by atoms with Gasteiger partial charge in [0.15, 0.2) is 0 Å². The van der Waals surface area contributed by atoms with Crippen LogP contribution in [0.3, 0.4) is 0 Å². The number of sulfonamides is 1. The van der Waals surface area contributed by atoms with Gasteiger partial charge in [0.1, 0.15) is 4.99 Å². The lowest BCUT2D eigenvalue weighted by atomic mass is 9.93. The highest BCUT2D eigenvalue weighted by Gasteiger charge is 2.27. The Bertz CT molecular complexity index is 654. The number of nitrogens with two attached hydrogens (primary N) is 2. The van der Waals surface area contributed by atoms with Gasteiger partial charge in [0.25, 0.3) is 0 Å². The van der Waals surface area contributed by atoms with Crippen molar-refractivity contribution in [3.8, 4) is 0 Å². The van der Waals surface area contributed by atoms with Crippen molar-refractivity contribution in [1.29, 1.82) is 0 Å². The quantitative estimate of drug-likeness (QED) is 0.620. The van der Waals surface area contributed by atoms with E-state index < -0.39 is 21.3 Å². The zero-order chi connectivity index (χ0) is 16.3. The first-order chi connectivity index (χ1) is 9.55. The summed E-state index contributed by atoms with van der Waals surface area (Å²) in [6.45, 7) is 3.07. The maximum atomic E-state index is 12.1. The molecule has 0 aliphatic rings. The van der Waals surface area contributed by atoms with Gasteiger partial charge in [-0.05, 0) is 19.4 Å². The van der Waals surface area contributed by atoms with Crippen LogP contribution >= 0.6 is 12.2 Å². The SMILES string of the molecule is CC(C)(CNS(=O)(=O)Cc1ccccc1C(N)=S)C(N)=O. The van der Waals surface area contributed by atoms with Crippen LogP contribution in [0.15, 0.2) is 24.3 Å². The van der Waals surface area contributed by atoms with Crippen LogP contribution in [-0.4, -0.2) is 25.9 Å². The van der Waals surface area contributed by atoms with Gasteiger partial charge < -0.3 is 11.5 Å². The van der Waals surface area contributed by atoms with E-state index in [-0.39, 0.29) is 17.3 Å². The molecule has 0 bridgehead atoms. The van der Waals surface area contributed by atoms with E-state index in [0.717, 1.165) is 0 Å². The lowest BCUT2D eigenvalue weighted by molar-refractivity contribution is -0.125. The molecule has 0 aliphatic carbocycles. The number of amides is 1. The number of primary amides is 1. The molecule has 0 saturated heterocycles. The number of benzene rings is 1. The van der Waals surface area contributed by atoms with Crippen molar-refractivity contribution >= 4 is 33.1 Å². The van der Waals surface area contributed by atoms with E-state index in [1.165, 1.54) is 0 Å². The molecule has 21 heavy (non-hydrogen) atoms. The summed E-state index contributed by atoms with van der Waals surface area (Å²) in [5.74, 6) is -0.844. The highest BCUT2D eigenvalue weighted by molar-refractivity contribution is 7.88. The Balaban J connectivity index is 2.87. The lowest BCUT2D eigenvalue weighted by Gasteiger charge is -2.20. The van der Waals surface area contributed by atoms with Gasteiger partial charge in [0.2, 0.25) is 15.9 Å². The average Bonchev–Trinajstić information content (AvgIpc) is 2.36. The molecule has 0 aliphatic heterocycles. The Morgan fingerprint density at radius 2 is 1.86 bits per heavy atom. The lowest BCUT2D eigenvalue weighted by Crippen LogP contribution is -2.42. The highest BCUT2D eigenvalue weighted by atomic mass is 32.2. The summed E-state index contributed by atoms with van der Waals surface area (Å²) in [5, 5.41) is 0. The van der Waals surface area contributed by atoms with Crippen LogP contribution < -0.4 is 16.2 Å². The predicted molar refractivity (Wildman–Crippen MR) is 85.9 cm³/mol. The molecular weight excluding hydrogens is 310 g/mol. The molecule has 8 heteroatoms. The maximum absolute atomic E-state index is 12.1. The summed E-state index contributed by atoms with van der Waals surface area (Å²) in [7, 11) is -3.63. The Morgan fingerprint density at radius 1 is 1.29 bits per heavy atom. The highest BCUT2D eigenvalue weighted by Crippen LogP contribution is 2.15. The monoisotopic (exact) mass is 329 g/mol. The van der Waals surface area contributed by atoms with Crippen molar-refractivity contribution in [2.24, 2.45) is 16.9 Å². The average molecular weight is 329 g/mol. The number of nitrogens with one attached hydrogen (secondary N) is 1. The molecule has 0 heterocycles. The van der Waals surface area contributed by atoms with Crippen LogP contribution in [0, 0.1) is 5.41 Å². The largest absolute Gasteiger partial charge is 0.389 e. The smallest absolute Gasteiger partial charge is 0.224 e. The van der Waals surface area contributed by atoms with E-state index in [4.69, 9.17) is 23.7 Å². The standard InChI is InChI=1S/C13H19N3O3S2/c1-13(2,12(15)17)8-16-21(18,19)7-9-5-3-4-6-10(9)11(14)20/h3-6,16H,7-8H2,1-2H3,(H2,14,20)(H2,15,17). The third kappa shape index (κ3) is 5.07. The second kappa shape index (κ2) is 6.50. The maximum Gasteiger partial charge on any atom is 0.224 e. The molecule has 0 unspecified atom stereocenters. The predicted octanol–water partition coefficient (Wildman–Crippen LogP) is 0.252. The summed E-state index contributed by atoms with van der Waals surface area (Å²) in [6, 6.07) is 6.75. The van der Waals surface area contributed by atoms with Gasteiger partial charge in [0.05, 0.1) is 11.2 Å². The minimum atomic E-state index is -3.63. The number of carbonyl (C=O) groups is 1. The Morgan fingerprint density at radius 3 is 2.38 bits per heavy atom. The molecule has 0 radical (unpaired) electrons. The second-order valence-corrected chi connectivity index (χ2v) is 7.60. The fourth-order valence-corrected chi connectivity index (χ4v) is 3.06. The summed E-state index contributed by atoms with van der Waals surface area (Å²) in [4.78, 5) is 11.3. The van der Waals surface area contributed by atoms with Gasteiger partial charge in [-0.25, -0.2) is 13.1 Å². The van der Waals surface area contributed by atoms with E-state index in [1.54, 1.807) is 38.1 Å². The molecule has 0 saturated carbocycles. The minimum Gasteiger partial charge on any atom is -0.389 e. The van der Waals surface area contributed by atoms with Crippen LogP contribution in [0.4, 0.5) is 0 Å². The Hall–Kier alpha value is -1.51. The molecule has 0 atom stereocenters. The molecular formula is C13H19N3O3S2. The van der Waals surface area contributed by atoms with Crippen LogP contribution in [0.1, 0.15) is 25.0 Å². The molecule has 5 N–H and O–H groups in total. The number of hydrogen-bond donors (Lipinski definition) is 3. The molecule has 1 rings (SSSR count). The minimum absolute atomic E-state index is 0.0695. The van der Waals surface area contributed by atoms with Gasteiger partial charge in [-0.1, -0.05) is 36.5 Å². The number of carbonyl (C=O) groups excluding carboxylic acids is 1. The molecule has 0 aromatic heterocycles. The van der Waals surface area contributed by atoms with Gasteiger partial charge in [-0.3, -0.25) is 4.79 Å². The third-order valence-corrected chi connectivity index (χ3v) is 4.52. The van der Waals surface area contributed by atoms with Crippen molar-refractivity contribution in [1.82, 2.24) is 4.72 Å². The summed E-state index contributed by atoms with van der Waals surface area (Å²) < 4.78 is 26.6. The third-order valence-electron chi connectivity index (χ3n) is 3.03. The fourth-order valence-electron chi connectivity index (χ4n) is 1.52. The zero-order valence-corrected chi connectivity index (χ0v) is 13.6. The van der Waals surface area contributed by atoms with Crippen LogP contribution in [0.25, 0.3) is 0 Å². The van der Waals surface area contributed by atoms with Crippen LogP contribution in [0.5, 0.6) is 0 Å². The first kappa shape index (κ1) is 17.5. The summed E-state index contributed by atoms with van der Waals surface area (Å²) in [5.41, 5.74) is 10.8. The van der Waals surface area contributed by atoms with Crippen LogP contribution in [0.2, 0.25) is 0 Å². The molecule has 0 fully saturated rings. The van der Waals surface area contributed by atoms with Gasteiger partial charge in [0, 0.05) is 12.1 Å². The van der Waals surface area contributed by atoms with Gasteiger partial charge >= 0.3 is 0 Å². The second-order valence-electron chi connectivity index (χ2n) is 5.35. The van der Waals surface area contributed by atoms with Crippen molar-refractivity contribution < 1.29 is 13.2 Å². The van der Waals surface area contributed by atoms with E-state index >= 15 is 0 Å². The Kier molecular flexibility index (Phi) is 5.43. The van der Waals surface area contributed by atoms with Crippen molar-refractivity contribution in [3.05, 3.63) is 35.4 Å². The van der Waals surface area contributed by atoms with Gasteiger partial charge in [-0.15, -0.1) is 0 Å². The molecule has 1 amide bonds. The normalized spacial score (nSPS) is 12.1. The molecule has 1 aromatic carbocycles. The first-order valence-corrected chi connectivity index (χ1v) is 8.26. The van der Waals surface area contributed by atoms with Crippen molar-refractivity contribution in [2.45, 2.75) is 19.6 Å². The van der Waals surface area contributed by atoms with Crippen molar-refractivity contribution in [2.75, 3.05) is 6.54 Å². The van der Waals surface area contributed by atoms with E-state index in [9.17, 15) is 13.2 Å². The van der Waals surface area contributed by atoms with Gasteiger partial charge in [-0.2, -0.15) is 0 Å². The van der Waals surface area contributed by atoms with Crippen LogP contribution in [-0.2, 0) is 20.6 Å². The molecule has 6 nitrogen and oxygen atoms in total. The molecule has 1 aromatic rings. The number of hydrogen-bond acceptors (Lipinski definition) is 4. The van der Waals surface area contributed by atoms with E-state index in [1.807, 2.05) is 0 Å². The van der Waals surface area contributed by atoms with Crippen molar-refractivity contribution in [3.63, 3.8) is 0 Å². The number of thiocarbonyl (C=S) groups is 1.